The Balaban J connectivity index is 1.88. The fourth-order valence-corrected chi connectivity index (χ4v) is 1.86. The number of amides is 1. The van der Waals surface area contributed by atoms with Crippen molar-refractivity contribution in [1.29, 1.82) is 0 Å². The third-order valence-electron chi connectivity index (χ3n) is 2.93. The van der Waals surface area contributed by atoms with Gasteiger partial charge in [0.2, 0.25) is 5.76 Å². The highest BCUT2D eigenvalue weighted by Crippen LogP contribution is 2.19. The number of aryl methyl sites for hydroxylation is 2. The summed E-state index contributed by atoms with van der Waals surface area (Å²) in [6.07, 6.45) is 1.19. The van der Waals surface area contributed by atoms with E-state index in [9.17, 15) is 9.59 Å². The molecular formula is C15H17NO5. The summed E-state index contributed by atoms with van der Waals surface area (Å²) >= 11 is 0. The van der Waals surface area contributed by atoms with Crippen LogP contribution in [0.5, 0.6) is 0 Å². The quantitative estimate of drug-likeness (QED) is 0.854. The van der Waals surface area contributed by atoms with Crippen molar-refractivity contribution in [2.75, 3.05) is 25.1 Å². The second-order valence-electron chi connectivity index (χ2n) is 4.59. The molecule has 112 valence electrons. The summed E-state index contributed by atoms with van der Waals surface area (Å²) in [5, 5.41) is 2.73. The fourth-order valence-electron chi connectivity index (χ4n) is 1.86. The first-order chi connectivity index (χ1) is 10.1. The van der Waals surface area contributed by atoms with E-state index in [1.165, 1.54) is 6.26 Å². The van der Waals surface area contributed by atoms with Crippen LogP contribution in [0.1, 0.15) is 11.1 Å². The Morgan fingerprint density at radius 2 is 1.95 bits per heavy atom. The largest absolute Gasteiger partial charge is 0.493 e. The smallest absolute Gasteiger partial charge is 0.377 e. The van der Waals surface area contributed by atoms with E-state index >= 15 is 0 Å². The van der Waals surface area contributed by atoms with E-state index in [0.717, 1.165) is 16.8 Å². The topological polar surface area (TPSA) is 73.9 Å². The first-order valence-corrected chi connectivity index (χ1v) is 6.55. The van der Waals surface area contributed by atoms with Crippen LogP contribution in [0.4, 0.5) is 5.69 Å². The highest BCUT2D eigenvalue weighted by Gasteiger charge is 2.18. The molecule has 1 heterocycles. The third kappa shape index (κ3) is 3.98. The van der Waals surface area contributed by atoms with Gasteiger partial charge in [-0.15, -0.1) is 0 Å². The van der Waals surface area contributed by atoms with Gasteiger partial charge < -0.3 is 19.5 Å². The molecule has 0 bridgehead atoms. The number of esters is 1. The van der Waals surface area contributed by atoms with Gasteiger partial charge in [-0.2, -0.15) is 0 Å². The van der Waals surface area contributed by atoms with Crippen molar-refractivity contribution >= 4 is 17.6 Å². The highest BCUT2D eigenvalue weighted by molar-refractivity contribution is 5.95. The molecule has 1 aromatic carbocycles. The zero-order valence-corrected chi connectivity index (χ0v) is 12.0. The molecule has 1 aliphatic heterocycles. The van der Waals surface area contributed by atoms with Crippen LogP contribution in [-0.4, -0.2) is 31.7 Å². The van der Waals surface area contributed by atoms with Gasteiger partial charge in [0.15, 0.2) is 6.61 Å². The van der Waals surface area contributed by atoms with E-state index < -0.39 is 11.9 Å². The lowest BCUT2D eigenvalue weighted by molar-refractivity contribution is -0.148. The molecule has 2 rings (SSSR count). The van der Waals surface area contributed by atoms with Gasteiger partial charge >= 0.3 is 5.97 Å². The molecule has 6 heteroatoms. The Hall–Kier alpha value is -2.50. The summed E-state index contributed by atoms with van der Waals surface area (Å²) in [7, 11) is 0. The minimum absolute atomic E-state index is 0.0267. The second-order valence-corrected chi connectivity index (χ2v) is 4.59. The molecule has 1 N–H and O–H groups in total. The van der Waals surface area contributed by atoms with E-state index in [4.69, 9.17) is 14.2 Å². The molecule has 0 saturated carbocycles. The van der Waals surface area contributed by atoms with Crippen molar-refractivity contribution in [3.63, 3.8) is 0 Å². The number of ether oxygens (including phenoxy) is 3. The van der Waals surface area contributed by atoms with Crippen molar-refractivity contribution in [3.05, 3.63) is 41.3 Å². The molecule has 1 aliphatic rings. The predicted octanol–water partition coefficient (Wildman–Crippen LogP) is 1.67. The van der Waals surface area contributed by atoms with Crippen LogP contribution in [0, 0.1) is 13.8 Å². The Labute approximate surface area is 122 Å². The van der Waals surface area contributed by atoms with Crippen LogP contribution in [0.2, 0.25) is 0 Å². The molecule has 1 aromatic rings. The third-order valence-corrected chi connectivity index (χ3v) is 2.93. The maximum absolute atomic E-state index is 11.8. The SMILES string of the molecule is Cc1cccc(C)c1NC(=O)COC(=O)C1=COCCO1. The van der Waals surface area contributed by atoms with Crippen molar-refractivity contribution in [1.82, 2.24) is 0 Å². The summed E-state index contributed by atoms with van der Waals surface area (Å²) in [5.74, 6) is -1.15. The monoisotopic (exact) mass is 291 g/mol. The molecule has 0 unspecified atom stereocenters. The van der Waals surface area contributed by atoms with Crippen LogP contribution in [0.3, 0.4) is 0 Å². The summed E-state index contributed by atoms with van der Waals surface area (Å²) in [6, 6.07) is 5.70. The zero-order chi connectivity index (χ0) is 15.2. The van der Waals surface area contributed by atoms with Gasteiger partial charge in [0.1, 0.15) is 19.5 Å². The minimum atomic E-state index is -0.716. The lowest BCUT2D eigenvalue weighted by Crippen LogP contribution is -2.24. The zero-order valence-electron chi connectivity index (χ0n) is 12.0. The summed E-state index contributed by atoms with van der Waals surface area (Å²) in [4.78, 5) is 23.4. The Bertz CT molecular complexity index is 559. The minimum Gasteiger partial charge on any atom is -0.493 e. The van der Waals surface area contributed by atoms with Crippen molar-refractivity contribution < 1.29 is 23.8 Å². The molecular weight excluding hydrogens is 274 g/mol. The standard InChI is InChI=1S/C15H17NO5/c1-10-4-3-5-11(2)14(10)16-13(17)9-21-15(18)12-8-19-6-7-20-12/h3-5,8H,6-7,9H2,1-2H3,(H,16,17). The average molecular weight is 291 g/mol. The normalized spacial score (nSPS) is 13.5. The number of carbonyl (C=O) groups is 2. The molecule has 0 saturated heterocycles. The van der Waals surface area contributed by atoms with Gasteiger partial charge in [-0.25, -0.2) is 4.79 Å². The van der Waals surface area contributed by atoms with E-state index in [-0.39, 0.29) is 19.0 Å². The maximum atomic E-state index is 11.8. The molecule has 0 aliphatic carbocycles. The van der Waals surface area contributed by atoms with Gasteiger partial charge in [0.25, 0.3) is 5.91 Å². The van der Waals surface area contributed by atoms with E-state index in [1.807, 2.05) is 32.0 Å². The molecule has 0 fully saturated rings. The fraction of sp³-hybridized carbons (Fsp3) is 0.333. The molecule has 0 spiro atoms. The highest BCUT2D eigenvalue weighted by atomic mass is 16.6. The van der Waals surface area contributed by atoms with Crippen molar-refractivity contribution in [2.45, 2.75) is 13.8 Å². The number of rotatable bonds is 4. The number of hydrogen-bond acceptors (Lipinski definition) is 5. The van der Waals surface area contributed by atoms with Gasteiger partial charge in [-0.05, 0) is 25.0 Å². The molecule has 0 aromatic heterocycles. The Morgan fingerprint density at radius 1 is 1.24 bits per heavy atom. The predicted molar refractivity (Wildman–Crippen MR) is 75.5 cm³/mol. The molecule has 6 nitrogen and oxygen atoms in total. The molecule has 21 heavy (non-hydrogen) atoms. The Morgan fingerprint density at radius 3 is 2.57 bits per heavy atom. The van der Waals surface area contributed by atoms with Gasteiger partial charge in [-0.3, -0.25) is 4.79 Å². The number of para-hydroxylation sites is 1. The maximum Gasteiger partial charge on any atom is 0.377 e. The van der Waals surface area contributed by atoms with E-state index in [0.29, 0.717) is 6.61 Å². The number of benzene rings is 1. The van der Waals surface area contributed by atoms with Crippen LogP contribution in [-0.2, 0) is 23.8 Å². The number of hydrogen-bond donors (Lipinski definition) is 1. The van der Waals surface area contributed by atoms with Crippen LogP contribution >= 0.6 is 0 Å². The first-order valence-electron chi connectivity index (χ1n) is 6.55. The average Bonchev–Trinajstić information content (AvgIpc) is 2.49. The summed E-state index contributed by atoms with van der Waals surface area (Å²) in [5.41, 5.74) is 2.62. The van der Waals surface area contributed by atoms with Crippen LogP contribution in [0.15, 0.2) is 30.2 Å². The lowest BCUT2D eigenvalue weighted by Gasteiger charge is -2.15. The van der Waals surface area contributed by atoms with Crippen molar-refractivity contribution in [2.24, 2.45) is 0 Å². The van der Waals surface area contributed by atoms with E-state index in [1.54, 1.807) is 0 Å². The van der Waals surface area contributed by atoms with Crippen LogP contribution < -0.4 is 5.32 Å². The lowest BCUT2D eigenvalue weighted by atomic mass is 10.1. The molecule has 1 amide bonds. The van der Waals surface area contributed by atoms with Crippen LogP contribution in [0.25, 0.3) is 0 Å². The second kappa shape index (κ2) is 6.78. The summed E-state index contributed by atoms with van der Waals surface area (Å²) in [6.45, 7) is 4.09. The molecule has 0 radical (unpaired) electrons. The first kappa shape index (κ1) is 14.9. The van der Waals surface area contributed by atoms with Gasteiger partial charge in [0, 0.05) is 5.69 Å². The summed E-state index contributed by atoms with van der Waals surface area (Å²) < 4.78 is 14.9. The number of carbonyl (C=O) groups excluding carboxylic acids is 2. The number of anilines is 1. The van der Waals surface area contributed by atoms with Gasteiger partial charge in [-0.1, -0.05) is 18.2 Å². The van der Waals surface area contributed by atoms with E-state index in [2.05, 4.69) is 5.32 Å². The van der Waals surface area contributed by atoms with Gasteiger partial charge in [0.05, 0.1) is 0 Å². The van der Waals surface area contributed by atoms with Crippen molar-refractivity contribution in [3.8, 4) is 0 Å². The molecule has 0 atom stereocenters. The Kier molecular flexibility index (Phi) is 4.81. The number of nitrogens with one attached hydrogen (secondary N) is 1.